The van der Waals surface area contributed by atoms with E-state index in [-0.39, 0.29) is 11.7 Å². The van der Waals surface area contributed by atoms with Crippen LogP contribution >= 0.6 is 15.9 Å². The smallest absolute Gasteiger partial charge is 0.258 e. The third-order valence-corrected chi connectivity index (χ3v) is 3.54. The first-order valence-corrected chi connectivity index (χ1v) is 6.88. The number of nitrogens with zero attached hydrogens (tertiary/aromatic N) is 1. The molecule has 104 valence electrons. The van der Waals surface area contributed by atoms with Crippen molar-refractivity contribution in [2.75, 3.05) is 11.4 Å². The summed E-state index contributed by atoms with van der Waals surface area (Å²) in [7, 11) is 0. The van der Waals surface area contributed by atoms with Gasteiger partial charge in [-0.25, -0.2) is 4.39 Å². The predicted octanol–water partition coefficient (Wildman–Crippen LogP) is 3.96. The van der Waals surface area contributed by atoms with E-state index in [9.17, 15) is 14.3 Å². The number of benzene rings is 2. The van der Waals surface area contributed by atoms with E-state index >= 15 is 0 Å². The molecule has 0 unspecified atom stereocenters. The fraction of sp³-hybridized carbons (Fsp3) is 0.133. The number of carbonyl (C=O) groups excluding carboxylic acids is 1. The summed E-state index contributed by atoms with van der Waals surface area (Å²) < 4.78 is 13.8. The summed E-state index contributed by atoms with van der Waals surface area (Å²) >= 11 is 3.16. The maximum Gasteiger partial charge on any atom is 0.258 e. The third kappa shape index (κ3) is 2.99. The fourth-order valence-corrected chi connectivity index (χ4v) is 2.14. The Morgan fingerprint density at radius 1 is 1.30 bits per heavy atom. The first-order valence-electron chi connectivity index (χ1n) is 6.09. The van der Waals surface area contributed by atoms with Crippen LogP contribution in [0.1, 0.15) is 17.3 Å². The van der Waals surface area contributed by atoms with Gasteiger partial charge in [-0.05, 0) is 59.3 Å². The molecule has 2 aromatic rings. The highest BCUT2D eigenvalue weighted by molar-refractivity contribution is 9.10. The summed E-state index contributed by atoms with van der Waals surface area (Å²) in [5.41, 5.74) is 0.830. The zero-order valence-corrected chi connectivity index (χ0v) is 12.4. The van der Waals surface area contributed by atoms with Crippen LogP contribution in [-0.2, 0) is 0 Å². The number of hydrogen-bond acceptors (Lipinski definition) is 2. The molecule has 0 fully saturated rings. The van der Waals surface area contributed by atoms with Gasteiger partial charge in [0.25, 0.3) is 5.91 Å². The van der Waals surface area contributed by atoms with Crippen molar-refractivity contribution >= 4 is 27.5 Å². The molecule has 0 radical (unpaired) electrons. The van der Waals surface area contributed by atoms with E-state index in [0.717, 1.165) is 0 Å². The van der Waals surface area contributed by atoms with Crippen LogP contribution in [0.5, 0.6) is 5.75 Å². The molecule has 20 heavy (non-hydrogen) atoms. The summed E-state index contributed by atoms with van der Waals surface area (Å²) in [6.45, 7) is 2.21. The highest BCUT2D eigenvalue weighted by Crippen LogP contribution is 2.26. The minimum Gasteiger partial charge on any atom is -0.507 e. The van der Waals surface area contributed by atoms with Gasteiger partial charge in [0.15, 0.2) is 0 Å². The van der Waals surface area contributed by atoms with Crippen LogP contribution in [0.25, 0.3) is 0 Å². The van der Waals surface area contributed by atoms with Gasteiger partial charge in [-0.2, -0.15) is 0 Å². The van der Waals surface area contributed by atoms with Gasteiger partial charge in [-0.1, -0.05) is 6.07 Å². The van der Waals surface area contributed by atoms with E-state index in [0.29, 0.717) is 22.3 Å². The lowest BCUT2D eigenvalue weighted by molar-refractivity contribution is 0.0988. The molecule has 0 atom stereocenters. The minimum absolute atomic E-state index is 0.00820. The van der Waals surface area contributed by atoms with E-state index in [1.807, 2.05) is 6.92 Å². The van der Waals surface area contributed by atoms with Gasteiger partial charge in [0.05, 0.1) is 4.47 Å². The quantitative estimate of drug-likeness (QED) is 0.920. The summed E-state index contributed by atoms with van der Waals surface area (Å²) in [6, 6.07) is 10.4. The molecule has 0 heterocycles. The summed E-state index contributed by atoms with van der Waals surface area (Å²) in [5.74, 6) is -0.695. The Bertz CT molecular complexity index is 646. The number of carbonyl (C=O) groups is 1. The van der Waals surface area contributed by atoms with Gasteiger partial charge in [-0.3, -0.25) is 4.79 Å². The van der Waals surface area contributed by atoms with Crippen LogP contribution in [0.2, 0.25) is 0 Å². The molecule has 5 heteroatoms. The van der Waals surface area contributed by atoms with Crippen molar-refractivity contribution in [2.45, 2.75) is 6.92 Å². The van der Waals surface area contributed by atoms with Gasteiger partial charge in [0.2, 0.25) is 0 Å². The maximum absolute atomic E-state index is 13.3. The second-order valence-corrected chi connectivity index (χ2v) is 5.05. The molecule has 1 N–H and O–H groups in total. The highest BCUT2D eigenvalue weighted by Gasteiger charge is 2.17. The van der Waals surface area contributed by atoms with E-state index in [4.69, 9.17) is 0 Å². The van der Waals surface area contributed by atoms with Gasteiger partial charge < -0.3 is 10.0 Å². The van der Waals surface area contributed by atoms with Gasteiger partial charge in [0.1, 0.15) is 11.6 Å². The molecular formula is C15H13BrFNO2. The molecule has 0 aromatic heterocycles. The average molecular weight is 338 g/mol. The topological polar surface area (TPSA) is 40.5 Å². The highest BCUT2D eigenvalue weighted by atomic mass is 79.9. The van der Waals surface area contributed by atoms with Crippen LogP contribution in [0.3, 0.4) is 0 Å². The van der Waals surface area contributed by atoms with Crippen molar-refractivity contribution in [1.82, 2.24) is 0 Å². The van der Waals surface area contributed by atoms with Crippen molar-refractivity contribution < 1.29 is 14.3 Å². The van der Waals surface area contributed by atoms with Gasteiger partial charge >= 0.3 is 0 Å². The van der Waals surface area contributed by atoms with Crippen LogP contribution in [0.4, 0.5) is 10.1 Å². The Kier molecular flexibility index (Phi) is 4.39. The Morgan fingerprint density at radius 3 is 2.65 bits per heavy atom. The first kappa shape index (κ1) is 14.5. The van der Waals surface area contributed by atoms with Crippen molar-refractivity contribution in [3.63, 3.8) is 0 Å². The average Bonchev–Trinajstić information content (AvgIpc) is 2.42. The van der Waals surface area contributed by atoms with E-state index in [2.05, 4.69) is 15.9 Å². The Labute approximate surface area is 124 Å². The Morgan fingerprint density at radius 2 is 2.05 bits per heavy atom. The first-order chi connectivity index (χ1) is 9.52. The number of halogens is 2. The van der Waals surface area contributed by atoms with Crippen LogP contribution < -0.4 is 4.90 Å². The number of phenols is 1. The van der Waals surface area contributed by atoms with E-state index < -0.39 is 5.82 Å². The molecule has 0 spiro atoms. The monoisotopic (exact) mass is 337 g/mol. The molecular weight excluding hydrogens is 325 g/mol. The normalized spacial score (nSPS) is 10.3. The lowest BCUT2D eigenvalue weighted by Crippen LogP contribution is -2.30. The zero-order valence-electron chi connectivity index (χ0n) is 10.8. The number of hydrogen-bond donors (Lipinski definition) is 1. The minimum atomic E-state index is -0.396. The second kappa shape index (κ2) is 6.05. The van der Waals surface area contributed by atoms with Crippen molar-refractivity contribution in [3.8, 4) is 5.75 Å². The molecule has 0 bridgehead atoms. The molecule has 0 saturated heterocycles. The number of aromatic hydroxyl groups is 1. The molecule has 2 rings (SSSR count). The number of amides is 1. The SMILES string of the molecule is CCN(C(=O)c1ccc(Br)c(O)c1)c1cccc(F)c1. The molecule has 0 aliphatic rings. The molecule has 2 aromatic carbocycles. The lowest BCUT2D eigenvalue weighted by Gasteiger charge is -2.21. The zero-order chi connectivity index (χ0) is 14.7. The lowest BCUT2D eigenvalue weighted by atomic mass is 10.1. The van der Waals surface area contributed by atoms with Crippen molar-refractivity contribution in [2.24, 2.45) is 0 Å². The Hall–Kier alpha value is -1.88. The number of rotatable bonds is 3. The fourth-order valence-electron chi connectivity index (χ4n) is 1.89. The summed E-state index contributed by atoms with van der Waals surface area (Å²) in [5, 5.41) is 9.64. The third-order valence-electron chi connectivity index (χ3n) is 2.87. The molecule has 0 saturated carbocycles. The van der Waals surface area contributed by atoms with Crippen molar-refractivity contribution in [3.05, 3.63) is 58.3 Å². The summed E-state index contributed by atoms with van der Waals surface area (Å²) in [6.07, 6.45) is 0. The largest absolute Gasteiger partial charge is 0.507 e. The molecule has 0 aliphatic carbocycles. The second-order valence-electron chi connectivity index (χ2n) is 4.20. The van der Waals surface area contributed by atoms with Crippen LogP contribution in [-0.4, -0.2) is 17.6 Å². The molecule has 0 aliphatic heterocycles. The Balaban J connectivity index is 2.36. The van der Waals surface area contributed by atoms with E-state index in [1.54, 1.807) is 24.3 Å². The van der Waals surface area contributed by atoms with Gasteiger partial charge in [-0.15, -0.1) is 0 Å². The molecule has 1 amide bonds. The number of anilines is 1. The van der Waals surface area contributed by atoms with Crippen LogP contribution in [0.15, 0.2) is 46.9 Å². The van der Waals surface area contributed by atoms with E-state index in [1.165, 1.54) is 23.1 Å². The predicted molar refractivity (Wildman–Crippen MR) is 79.6 cm³/mol. The van der Waals surface area contributed by atoms with Crippen molar-refractivity contribution in [1.29, 1.82) is 0 Å². The van der Waals surface area contributed by atoms with Crippen LogP contribution in [0, 0.1) is 5.82 Å². The summed E-state index contributed by atoms with van der Waals surface area (Å²) in [4.78, 5) is 13.9. The number of phenolic OH excluding ortho intramolecular Hbond substituents is 1. The van der Waals surface area contributed by atoms with Gasteiger partial charge in [0, 0.05) is 17.8 Å². The standard InChI is InChI=1S/C15H13BrFNO2/c1-2-18(12-5-3-4-11(17)9-12)15(20)10-6-7-13(16)14(19)8-10/h3-9,19H,2H2,1H3. The maximum atomic E-state index is 13.3. The molecule has 3 nitrogen and oxygen atoms in total.